The number of carbonyl (C=O) groups is 1. The van der Waals surface area contributed by atoms with Gasteiger partial charge < -0.3 is 14.9 Å². The van der Waals surface area contributed by atoms with Crippen molar-refractivity contribution in [2.24, 2.45) is 0 Å². The molecule has 0 aliphatic heterocycles. The molecule has 2 N–H and O–H groups in total. The number of benzene rings is 3. The van der Waals surface area contributed by atoms with Gasteiger partial charge in [-0.15, -0.1) is 0 Å². The van der Waals surface area contributed by atoms with Crippen LogP contribution in [-0.2, 0) is 4.79 Å². The Kier molecular flexibility index (Phi) is 5.97. The topological polar surface area (TPSA) is 66.8 Å². The predicted octanol–water partition coefficient (Wildman–Crippen LogP) is 5.60. The Balaban J connectivity index is 2.23. The Morgan fingerprint density at radius 2 is 1.40 bits per heavy atom. The average molecular weight is 402 g/mol. The van der Waals surface area contributed by atoms with Crippen molar-refractivity contribution in [1.29, 1.82) is 0 Å². The number of hydrogen-bond donors (Lipinski definition) is 2. The smallest absolute Gasteiger partial charge is 0.335 e. The molecule has 0 saturated heterocycles. The highest BCUT2D eigenvalue weighted by Crippen LogP contribution is 2.41. The van der Waals surface area contributed by atoms with Gasteiger partial charge in [0, 0.05) is 17.6 Å². The lowest BCUT2D eigenvalue weighted by molar-refractivity contribution is -0.129. The summed E-state index contributed by atoms with van der Waals surface area (Å²) >= 11 is 0. The van der Waals surface area contributed by atoms with Crippen molar-refractivity contribution in [3.05, 3.63) is 100 Å². The van der Waals surface area contributed by atoms with Gasteiger partial charge in [0.15, 0.2) is 0 Å². The van der Waals surface area contributed by atoms with Gasteiger partial charge in [-0.05, 0) is 67.1 Å². The standard InChI is InChI=1S/C26H26O4/c1-6-23(28)30-26-17(4)13-20(14-18(26)5)24(21-9-7-8-10-22(21)27)19-11-15(2)25(29)16(3)12-19/h6-14,24,27,29H,1H2,2-5H3. The summed E-state index contributed by atoms with van der Waals surface area (Å²) in [5.74, 6) is 0.219. The van der Waals surface area contributed by atoms with Crippen LogP contribution >= 0.6 is 0 Å². The molecule has 3 aromatic rings. The van der Waals surface area contributed by atoms with E-state index in [1.807, 2.05) is 64.1 Å². The normalized spacial score (nSPS) is 11.7. The lowest BCUT2D eigenvalue weighted by atomic mass is 9.82. The van der Waals surface area contributed by atoms with Gasteiger partial charge in [-0.3, -0.25) is 0 Å². The molecule has 30 heavy (non-hydrogen) atoms. The Hall–Kier alpha value is -3.53. The van der Waals surface area contributed by atoms with E-state index in [-0.39, 0.29) is 17.4 Å². The van der Waals surface area contributed by atoms with Gasteiger partial charge in [0.25, 0.3) is 0 Å². The van der Waals surface area contributed by atoms with E-state index in [9.17, 15) is 15.0 Å². The van der Waals surface area contributed by atoms with E-state index < -0.39 is 5.97 Å². The number of aromatic hydroxyl groups is 2. The molecule has 0 fully saturated rings. The van der Waals surface area contributed by atoms with Gasteiger partial charge in [-0.2, -0.15) is 0 Å². The van der Waals surface area contributed by atoms with Crippen LogP contribution < -0.4 is 4.74 Å². The first-order valence-electron chi connectivity index (χ1n) is 9.76. The molecule has 0 bridgehead atoms. The second-order valence-corrected chi connectivity index (χ2v) is 7.60. The fourth-order valence-electron chi connectivity index (χ4n) is 3.89. The van der Waals surface area contributed by atoms with E-state index in [4.69, 9.17) is 4.74 Å². The molecule has 0 saturated carbocycles. The van der Waals surface area contributed by atoms with Crippen molar-refractivity contribution >= 4 is 5.97 Å². The fourth-order valence-corrected chi connectivity index (χ4v) is 3.89. The second-order valence-electron chi connectivity index (χ2n) is 7.60. The zero-order chi connectivity index (χ0) is 22.0. The van der Waals surface area contributed by atoms with Crippen LogP contribution in [0.5, 0.6) is 17.2 Å². The van der Waals surface area contributed by atoms with Crippen molar-refractivity contribution in [2.75, 3.05) is 0 Å². The first-order valence-corrected chi connectivity index (χ1v) is 9.76. The van der Waals surface area contributed by atoms with Crippen LogP contribution in [0.2, 0.25) is 0 Å². The molecule has 1 unspecified atom stereocenters. The Labute approximate surface area is 177 Å². The third-order valence-corrected chi connectivity index (χ3v) is 5.28. The summed E-state index contributed by atoms with van der Waals surface area (Å²) in [5, 5.41) is 20.8. The van der Waals surface area contributed by atoms with Crippen LogP contribution in [0.4, 0.5) is 0 Å². The van der Waals surface area contributed by atoms with Gasteiger partial charge in [0.05, 0.1) is 0 Å². The molecule has 0 aromatic heterocycles. The van der Waals surface area contributed by atoms with Crippen LogP contribution in [-0.4, -0.2) is 16.2 Å². The van der Waals surface area contributed by atoms with Crippen molar-refractivity contribution in [3.63, 3.8) is 0 Å². The van der Waals surface area contributed by atoms with E-state index in [1.54, 1.807) is 12.1 Å². The summed E-state index contributed by atoms with van der Waals surface area (Å²) in [4.78, 5) is 11.7. The molecule has 0 aliphatic rings. The number of carbonyl (C=O) groups excluding carboxylic acids is 1. The van der Waals surface area contributed by atoms with Crippen LogP contribution in [0, 0.1) is 27.7 Å². The number of para-hydroxylation sites is 1. The Bertz CT molecular complexity index is 1080. The third kappa shape index (κ3) is 4.08. The molecule has 0 radical (unpaired) electrons. The number of esters is 1. The van der Waals surface area contributed by atoms with Crippen molar-refractivity contribution in [2.45, 2.75) is 33.6 Å². The summed E-state index contributed by atoms with van der Waals surface area (Å²) in [7, 11) is 0. The Morgan fingerprint density at radius 3 is 1.90 bits per heavy atom. The number of hydrogen-bond acceptors (Lipinski definition) is 4. The van der Waals surface area contributed by atoms with Crippen molar-refractivity contribution in [3.8, 4) is 17.2 Å². The van der Waals surface area contributed by atoms with E-state index >= 15 is 0 Å². The second kappa shape index (κ2) is 8.46. The van der Waals surface area contributed by atoms with E-state index in [0.717, 1.165) is 45.0 Å². The lowest BCUT2D eigenvalue weighted by Gasteiger charge is -2.23. The minimum Gasteiger partial charge on any atom is -0.508 e. The summed E-state index contributed by atoms with van der Waals surface area (Å²) < 4.78 is 5.41. The number of aryl methyl sites for hydroxylation is 4. The molecule has 0 aliphatic carbocycles. The van der Waals surface area contributed by atoms with Gasteiger partial charge in [-0.1, -0.05) is 49.0 Å². The maximum Gasteiger partial charge on any atom is 0.335 e. The van der Waals surface area contributed by atoms with Crippen molar-refractivity contribution < 1.29 is 19.7 Å². The zero-order valence-electron chi connectivity index (χ0n) is 17.7. The highest BCUT2D eigenvalue weighted by molar-refractivity contribution is 5.84. The molecule has 154 valence electrons. The number of ether oxygens (including phenoxy) is 1. The van der Waals surface area contributed by atoms with Gasteiger partial charge in [-0.25, -0.2) is 4.79 Å². The highest BCUT2D eigenvalue weighted by atomic mass is 16.5. The zero-order valence-corrected chi connectivity index (χ0v) is 17.7. The molecule has 3 aromatic carbocycles. The van der Waals surface area contributed by atoms with Gasteiger partial charge in [0.2, 0.25) is 0 Å². The van der Waals surface area contributed by atoms with Crippen LogP contribution in [0.1, 0.15) is 44.9 Å². The number of phenolic OH excluding ortho intramolecular Hbond substituents is 2. The number of phenols is 2. The first-order chi connectivity index (χ1) is 14.2. The Morgan fingerprint density at radius 1 is 0.900 bits per heavy atom. The SMILES string of the molecule is C=CC(=O)Oc1c(C)cc(C(c2cc(C)c(O)c(C)c2)c2ccccc2O)cc1C. The number of rotatable bonds is 5. The summed E-state index contributed by atoms with van der Waals surface area (Å²) in [6.45, 7) is 11.0. The molecule has 4 nitrogen and oxygen atoms in total. The van der Waals surface area contributed by atoms with E-state index in [1.165, 1.54) is 0 Å². The highest BCUT2D eigenvalue weighted by Gasteiger charge is 2.23. The molecule has 1 atom stereocenters. The molecule has 0 heterocycles. The molecular formula is C26H26O4. The minimum atomic E-state index is -0.504. The molecule has 0 amide bonds. The average Bonchev–Trinajstić information content (AvgIpc) is 2.70. The largest absolute Gasteiger partial charge is 0.508 e. The lowest BCUT2D eigenvalue weighted by Crippen LogP contribution is -2.09. The van der Waals surface area contributed by atoms with Crippen LogP contribution in [0.25, 0.3) is 0 Å². The van der Waals surface area contributed by atoms with E-state index in [2.05, 4.69) is 6.58 Å². The van der Waals surface area contributed by atoms with Gasteiger partial charge in [0.1, 0.15) is 17.2 Å². The summed E-state index contributed by atoms with van der Waals surface area (Å²) in [5.41, 5.74) is 5.84. The minimum absolute atomic E-state index is 0.198. The quantitative estimate of drug-likeness (QED) is 0.252. The molecule has 0 spiro atoms. The predicted molar refractivity (Wildman–Crippen MR) is 118 cm³/mol. The fraction of sp³-hybridized carbons (Fsp3) is 0.192. The summed E-state index contributed by atoms with van der Waals surface area (Å²) in [6, 6.07) is 15.1. The maximum absolute atomic E-state index is 11.7. The maximum atomic E-state index is 11.7. The molecule has 4 heteroatoms. The molecule has 3 rings (SSSR count). The summed E-state index contributed by atoms with van der Waals surface area (Å²) in [6.07, 6.45) is 1.14. The van der Waals surface area contributed by atoms with E-state index in [0.29, 0.717) is 5.75 Å². The van der Waals surface area contributed by atoms with Crippen LogP contribution in [0.15, 0.2) is 61.2 Å². The third-order valence-electron chi connectivity index (χ3n) is 5.28. The van der Waals surface area contributed by atoms with Gasteiger partial charge >= 0.3 is 5.97 Å². The monoisotopic (exact) mass is 402 g/mol. The molecular weight excluding hydrogens is 376 g/mol. The van der Waals surface area contributed by atoms with Crippen LogP contribution in [0.3, 0.4) is 0 Å². The van der Waals surface area contributed by atoms with Crippen molar-refractivity contribution in [1.82, 2.24) is 0 Å². The first kappa shape index (κ1) is 21.2.